The molecule has 28 heavy (non-hydrogen) atoms. The number of hydrogen-bond donors (Lipinski definition) is 0. The van der Waals surface area contributed by atoms with Crippen LogP contribution in [0.25, 0.3) is 0 Å². The lowest BCUT2D eigenvalue weighted by Crippen LogP contribution is -2.53. The van der Waals surface area contributed by atoms with Crippen molar-refractivity contribution < 1.29 is 8.81 Å². The molecule has 2 aliphatic heterocycles. The van der Waals surface area contributed by atoms with Crippen LogP contribution >= 0.6 is 11.9 Å². The van der Waals surface area contributed by atoms with Crippen LogP contribution in [0.15, 0.2) is 46.6 Å². The van der Waals surface area contributed by atoms with E-state index in [2.05, 4.69) is 46.4 Å². The molecule has 1 fully saturated rings. The van der Waals surface area contributed by atoms with Crippen LogP contribution in [0.4, 0.5) is 10.1 Å². The highest BCUT2D eigenvalue weighted by molar-refractivity contribution is 8.03. The molecule has 2 aromatic rings. The van der Waals surface area contributed by atoms with Crippen molar-refractivity contribution in [3.63, 3.8) is 0 Å². The number of oxazole rings is 1. The van der Waals surface area contributed by atoms with Crippen molar-refractivity contribution in [1.29, 1.82) is 0 Å². The Hall–Kier alpha value is -1.79. The molecule has 0 saturated carbocycles. The summed E-state index contributed by atoms with van der Waals surface area (Å²) >= 11 is 1.67. The van der Waals surface area contributed by atoms with Crippen LogP contribution in [0.2, 0.25) is 0 Å². The molecule has 1 spiro atoms. The van der Waals surface area contributed by atoms with Gasteiger partial charge in [-0.2, -0.15) is 0 Å². The van der Waals surface area contributed by atoms with Gasteiger partial charge in [-0.1, -0.05) is 19.9 Å². The van der Waals surface area contributed by atoms with E-state index in [9.17, 15) is 4.39 Å². The molecule has 1 aromatic carbocycles. The predicted molar refractivity (Wildman–Crippen MR) is 112 cm³/mol. The standard InChI is InChI=1S/C22H28FN3OS/c1-16(2)11-21-20(24-15-27-21)14-25-9-7-22(13-17(25)3)8-10-28-26(22)19-6-4-5-18(23)12-19/h4-6,8,10,12,15-17H,7,9,11,13-14H2,1-3H3/t17-,22-/m0/s1. The van der Waals surface area contributed by atoms with Crippen LogP contribution in [0.3, 0.4) is 0 Å². The second-order valence-corrected chi connectivity index (χ2v) is 9.23. The molecule has 0 bridgehead atoms. The van der Waals surface area contributed by atoms with Gasteiger partial charge in [-0.3, -0.25) is 4.90 Å². The maximum Gasteiger partial charge on any atom is 0.181 e. The number of aromatic nitrogens is 1. The molecule has 0 amide bonds. The number of benzene rings is 1. The summed E-state index contributed by atoms with van der Waals surface area (Å²) < 4.78 is 21.7. The maximum absolute atomic E-state index is 13.8. The highest BCUT2D eigenvalue weighted by atomic mass is 32.2. The van der Waals surface area contributed by atoms with Crippen LogP contribution < -0.4 is 4.31 Å². The zero-order chi connectivity index (χ0) is 19.7. The average Bonchev–Trinajstić information content (AvgIpc) is 3.24. The van der Waals surface area contributed by atoms with E-state index < -0.39 is 0 Å². The highest BCUT2D eigenvalue weighted by Gasteiger charge is 2.44. The molecular formula is C22H28FN3OS. The van der Waals surface area contributed by atoms with Gasteiger partial charge in [-0.05, 0) is 67.3 Å². The number of likely N-dealkylation sites (tertiary alicyclic amines) is 1. The molecule has 2 aliphatic rings. The third kappa shape index (κ3) is 3.85. The Morgan fingerprint density at radius 2 is 2.25 bits per heavy atom. The molecule has 2 atom stereocenters. The summed E-state index contributed by atoms with van der Waals surface area (Å²) in [5.74, 6) is 1.38. The van der Waals surface area contributed by atoms with E-state index in [-0.39, 0.29) is 11.4 Å². The van der Waals surface area contributed by atoms with Crippen molar-refractivity contribution in [1.82, 2.24) is 9.88 Å². The Morgan fingerprint density at radius 1 is 1.39 bits per heavy atom. The Morgan fingerprint density at radius 3 is 3.00 bits per heavy atom. The minimum atomic E-state index is -0.186. The first kappa shape index (κ1) is 19.5. The summed E-state index contributed by atoms with van der Waals surface area (Å²) in [6, 6.07) is 7.32. The number of anilines is 1. The van der Waals surface area contributed by atoms with E-state index in [1.807, 2.05) is 6.07 Å². The molecule has 0 N–H and O–H groups in total. The lowest BCUT2D eigenvalue weighted by molar-refractivity contribution is 0.118. The van der Waals surface area contributed by atoms with Crippen molar-refractivity contribution >= 4 is 17.6 Å². The van der Waals surface area contributed by atoms with Gasteiger partial charge in [0, 0.05) is 25.6 Å². The molecule has 150 valence electrons. The van der Waals surface area contributed by atoms with Crippen molar-refractivity contribution in [2.24, 2.45) is 5.92 Å². The summed E-state index contributed by atoms with van der Waals surface area (Å²) in [5, 5.41) is 2.14. The Kier molecular flexibility index (Phi) is 5.52. The number of piperidine rings is 1. The van der Waals surface area contributed by atoms with Gasteiger partial charge >= 0.3 is 0 Å². The zero-order valence-electron chi connectivity index (χ0n) is 16.8. The van der Waals surface area contributed by atoms with Gasteiger partial charge in [0.05, 0.1) is 16.9 Å². The minimum absolute atomic E-state index is 0.0566. The second kappa shape index (κ2) is 7.91. The van der Waals surface area contributed by atoms with E-state index in [0.29, 0.717) is 12.0 Å². The van der Waals surface area contributed by atoms with Crippen molar-refractivity contribution in [2.75, 3.05) is 10.8 Å². The van der Waals surface area contributed by atoms with Gasteiger partial charge in [0.1, 0.15) is 11.6 Å². The Balaban J connectivity index is 1.48. The van der Waals surface area contributed by atoms with Crippen LogP contribution in [-0.2, 0) is 13.0 Å². The lowest BCUT2D eigenvalue weighted by Gasteiger charge is -2.47. The SMILES string of the molecule is CC(C)Cc1ocnc1CN1CC[C@]2(C=CSN2c2cccc(F)c2)C[C@@H]1C. The van der Waals surface area contributed by atoms with E-state index in [1.54, 1.807) is 30.5 Å². The minimum Gasteiger partial charge on any atom is -0.448 e. The topological polar surface area (TPSA) is 32.5 Å². The molecule has 3 heterocycles. The third-order valence-corrected chi connectivity index (χ3v) is 6.81. The maximum atomic E-state index is 13.8. The summed E-state index contributed by atoms with van der Waals surface area (Å²) in [5.41, 5.74) is 1.94. The molecule has 0 aliphatic carbocycles. The third-order valence-electron chi connectivity index (χ3n) is 5.77. The van der Waals surface area contributed by atoms with Gasteiger partial charge in [-0.25, -0.2) is 9.37 Å². The van der Waals surface area contributed by atoms with E-state index in [0.717, 1.165) is 49.5 Å². The van der Waals surface area contributed by atoms with E-state index in [1.165, 1.54) is 6.07 Å². The molecule has 1 saturated heterocycles. The first-order valence-electron chi connectivity index (χ1n) is 10.0. The molecule has 6 heteroatoms. The normalized spacial score (nSPS) is 25.3. The molecule has 0 radical (unpaired) electrons. The largest absolute Gasteiger partial charge is 0.448 e. The fraction of sp³-hybridized carbons (Fsp3) is 0.500. The van der Waals surface area contributed by atoms with Crippen LogP contribution in [0, 0.1) is 11.7 Å². The van der Waals surface area contributed by atoms with Crippen LogP contribution in [-0.4, -0.2) is 28.0 Å². The lowest BCUT2D eigenvalue weighted by atomic mass is 9.83. The number of hydrogen-bond acceptors (Lipinski definition) is 5. The molecule has 1 aromatic heterocycles. The fourth-order valence-electron chi connectivity index (χ4n) is 4.33. The van der Waals surface area contributed by atoms with Crippen LogP contribution in [0.1, 0.15) is 45.1 Å². The van der Waals surface area contributed by atoms with Crippen molar-refractivity contribution in [3.05, 3.63) is 59.4 Å². The first-order valence-corrected chi connectivity index (χ1v) is 10.9. The Labute approximate surface area is 170 Å². The Bertz CT molecular complexity index is 852. The number of halogens is 1. The van der Waals surface area contributed by atoms with Gasteiger partial charge < -0.3 is 8.72 Å². The number of nitrogens with zero attached hydrogens (tertiary/aromatic N) is 3. The second-order valence-electron chi connectivity index (χ2n) is 8.38. The summed E-state index contributed by atoms with van der Waals surface area (Å²) in [6.07, 6.45) is 6.81. The van der Waals surface area contributed by atoms with Crippen molar-refractivity contribution in [3.8, 4) is 0 Å². The van der Waals surface area contributed by atoms with Gasteiger partial charge in [0.15, 0.2) is 6.39 Å². The fourth-order valence-corrected chi connectivity index (χ4v) is 5.44. The summed E-state index contributed by atoms with van der Waals surface area (Å²) in [6.45, 7) is 8.48. The number of rotatable bonds is 5. The van der Waals surface area contributed by atoms with Crippen LogP contribution in [0.5, 0.6) is 0 Å². The van der Waals surface area contributed by atoms with Crippen molar-refractivity contribution in [2.45, 2.75) is 58.2 Å². The highest BCUT2D eigenvalue weighted by Crippen LogP contribution is 2.46. The van der Waals surface area contributed by atoms with Gasteiger partial charge in [0.25, 0.3) is 0 Å². The monoisotopic (exact) mass is 401 g/mol. The average molecular weight is 402 g/mol. The van der Waals surface area contributed by atoms with Gasteiger partial charge in [-0.15, -0.1) is 0 Å². The molecule has 4 nitrogen and oxygen atoms in total. The molecular weight excluding hydrogens is 373 g/mol. The van der Waals surface area contributed by atoms with E-state index >= 15 is 0 Å². The molecule has 0 unspecified atom stereocenters. The molecule has 4 rings (SSSR count). The zero-order valence-corrected chi connectivity index (χ0v) is 17.6. The van der Waals surface area contributed by atoms with Gasteiger partial charge in [0.2, 0.25) is 0 Å². The first-order chi connectivity index (χ1) is 13.5. The predicted octanol–water partition coefficient (Wildman–Crippen LogP) is 5.42. The summed E-state index contributed by atoms with van der Waals surface area (Å²) in [4.78, 5) is 6.97. The summed E-state index contributed by atoms with van der Waals surface area (Å²) in [7, 11) is 0. The van der Waals surface area contributed by atoms with E-state index in [4.69, 9.17) is 4.42 Å². The quantitative estimate of drug-likeness (QED) is 0.625. The smallest absolute Gasteiger partial charge is 0.181 e.